The summed E-state index contributed by atoms with van der Waals surface area (Å²) in [6, 6.07) is 0.512. The van der Waals surface area contributed by atoms with Crippen LogP contribution in [0.3, 0.4) is 0 Å². The van der Waals surface area contributed by atoms with Gasteiger partial charge in [-0.1, -0.05) is 13.8 Å². The first-order chi connectivity index (χ1) is 11.3. The van der Waals surface area contributed by atoms with Gasteiger partial charge in [-0.25, -0.2) is 4.79 Å². The molecular weight excluding hydrogens is 322 g/mol. The number of aromatic nitrogens is 2. The van der Waals surface area contributed by atoms with Crippen LogP contribution in [0.4, 0.5) is 0 Å². The molecule has 0 aliphatic carbocycles. The van der Waals surface area contributed by atoms with E-state index in [1.807, 2.05) is 4.98 Å². The molecule has 1 aliphatic rings. The summed E-state index contributed by atoms with van der Waals surface area (Å²) < 4.78 is 6.21. The Morgan fingerprint density at radius 3 is 2.58 bits per heavy atom. The van der Waals surface area contributed by atoms with Crippen LogP contribution < -0.4 is 16.6 Å². The molecule has 24 heavy (non-hydrogen) atoms. The van der Waals surface area contributed by atoms with E-state index < -0.39 is 47.7 Å². The number of carbonyl (C=O) groups excluding carboxylic acids is 1. The fraction of sp³-hybridized carbons (Fsp3) is 0.643. The number of carbonyl (C=O) groups is 1. The number of hydrogen-bond donors (Lipinski definition) is 5. The van der Waals surface area contributed by atoms with Gasteiger partial charge in [-0.2, -0.15) is 0 Å². The molecule has 1 fully saturated rings. The summed E-state index contributed by atoms with van der Waals surface area (Å²) in [5.74, 6) is -0.769. The largest absolute Gasteiger partial charge is 0.394 e. The molecule has 0 aromatic carbocycles. The molecule has 1 amide bonds. The van der Waals surface area contributed by atoms with Crippen molar-refractivity contribution in [1.82, 2.24) is 14.9 Å². The van der Waals surface area contributed by atoms with Crippen LogP contribution >= 0.6 is 0 Å². The zero-order chi connectivity index (χ0) is 18.0. The van der Waals surface area contributed by atoms with E-state index in [1.54, 1.807) is 13.8 Å². The Balaban J connectivity index is 2.19. The normalized spacial score (nSPS) is 28.1. The number of ether oxygens (including phenoxy) is 1. The zero-order valence-corrected chi connectivity index (χ0v) is 13.2. The van der Waals surface area contributed by atoms with Gasteiger partial charge >= 0.3 is 5.69 Å². The van der Waals surface area contributed by atoms with Crippen LogP contribution in [-0.2, 0) is 9.53 Å². The van der Waals surface area contributed by atoms with Gasteiger partial charge in [0, 0.05) is 12.3 Å². The highest BCUT2D eigenvalue weighted by atomic mass is 16.6. The summed E-state index contributed by atoms with van der Waals surface area (Å²) in [5, 5.41) is 31.9. The first-order valence-electron chi connectivity index (χ1n) is 7.50. The van der Waals surface area contributed by atoms with Gasteiger partial charge in [-0.3, -0.25) is 19.1 Å². The summed E-state index contributed by atoms with van der Waals surface area (Å²) in [6.45, 7) is 3.30. The third kappa shape index (κ3) is 3.56. The van der Waals surface area contributed by atoms with Crippen molar-refractivity contribution in [3.05, 3.63) is 33.1 Å². The van der Waals surface area contributed by atoms with Crippen LogP contribution in [0.25, 0.3) is 0 Å². The fourth-order valence-electron chi connectivity index (χ4n) is 2.42. The van der Waals surface area contributed by atoms with Crippen LogP contribution in [0.5, 0.6) is 0 Å². The lowest BCUT2D eigenvalue weighted by Gasteiger charge is -2.23. The molecule has 0 unspecified atom stereocenters. The number of nitrogens with zero attached hydrogens (tertiary/aromatic N) is 1. The first-order valence-corrected chi connectivity index (χ1v) is 7.50. The van der Waals surface area contributed by atoms with E-state index in [9.17, 15) is 29.7 Å². The highest BCUT2D eigenvalue weighted by molar-refractivity contribution is 5.82. The molecule has 5 N–H and O–H groups in total. The van der Waals surface area contributed by atoms with Crippen molar-refractivity contribution < 1.29 is 24.9 Å². The van der Waals surface area contributed by atoms with Gasteiger partial charge < -0.3 is 25.4 Å². The van der Waals surface area contributed by atoms with Crippen molar-refractivity contribution in [3.63, 3.8) is 0 Å². The smallest absolute Gasteiger partial charge is 0.330 e. The van der Waals surface area contributed by atoms with E-state index in [2.05, 4.69) is 5.32 Å². The predicted octanol–water partition coefficient (Wildman–Crippen LogP) is -2.71. The van der Waals surface area contributed by atoms with E-state index >= 15 is 0 Å². The number of aliphatic hydroxyl groups excluding tert-OH is 3. The average molecular weight is 343 g/mol. The number of hydrogen-bond acceptors (Lipinski definition) is 7. The number of H-pyrrole nitrogens is 1. The van der Waals surface area contributed by atoms with E-state index in [-0.39, 0.29) is 12.5 Å². The molecule has 5 atom stereocenters. The van der Waals surface area contributed by atoms with E-state index in [1.165, 1.54) is 0 Å². The van der Waals surface area contributed by atoms with Gasteiger partial charge in [0.15, 0.2) is 12.3 Å². The number of amides is 1. The fourth-order valence-corrected chi connectivity index (χ4v) is 2.42. The molecule has 0 spiro atoms. The lowest BCUT2D eigenvalue weighted by molar-refractivity contribution is -0.139. The minimum absolute atomic E-state index is 0.0555. The maximum absolute atomic E-state index is 12.2. The molecule has 0 bridgehead atoms. The number of aliphatic hydroxyl groups is 3. The summed E-state index contributed by atoms with van der Waals surface area (Å²) >= 11 is 0. The Labute approximate surface area is 136 Å². The van der Waals surface area contributed by atoms with Crippen molar-refractivity contribution in [1.29, 1.82) is 0 Å². The maximum Gasteiger partial charge on any atom is 0.330 e. The quantitative estimate of drug-likeness (QED) is 0.389. The highest BCUT2D eigenvalue weighted by Gasteiger charge is 2.47. The molecular formula is C14H21N3O7. The van der Waals surface area contributed by atoms with Crippen molar-refractivity contribution in [2.75, 3.05) is 6.61 Å². The molecule has 1 aromatic heterocycles. The second kappa shape index (κ2) is 7.26. The number of nitrogens with one attached hydrogen (secondary N) is 2. The summed E-state index contributed by atoms with van der Waals surface area (Å²) in [7, 11) is 0. The Bertz CT molecular complexity index is 698. The molecule has 10 nitrogen and oxygen atoms in total. The maximum atomic E-state index is 12.2. The van der Waals surface area contributed by atoms with Crippen LogP contribution in [0.2, 0.25) is 0 Å². The highest BCUT2D eigenvalue weighted by Crippen LogP contribution is 2.28. The lowest BCUT2D eigenvalue weighted by Crippen LogP contribution is -2.49. The second-order valence-corrected chi connectivity index (χ2v) is 5.99. The third-order valence-electron chi connectivity index (χ3n) is 3.95. The SMILES string of the molecule is CC(C)[C@H](CO)NC(=O)[C@H]1O[C@@H](n2ccc(=O)[nH]c2=O)[C@H](O)[C@@H]1O. The van der Waals surface area contributed by atoms with Crippen LogP contribution in [0, 0.1) is 5.92 Å². The Morgan fingerprint density at radius 2 is 2.04 bits per heavy atom. The average Bonchev–Trinajstić information content (AvgIpc) is 2.81. The summed E-state index contributed by atoms with van der Waals surface area (Å²) in [4.78, 5) is 37.1. The molecule has 0 saturated carbocycles. The van der Waals surface area contributed by atoms with E-state index in [0.717, 1.165) is 16.8 Å². The van der Waals surface area contributed by atoms with Crippen molar-refractivity contribution in [3.8, 4) is 0 Å². The van der Waals surface area contributed by atoms with Crippen LogP contribution in [-0.4, -0.2) is 61.7 Å². The van der Waals surface area contributed by atoms with E-state index in [4.69, 9.17) is 4.74 Å². The predicted molar refractivity (Wildman–Crippen MR) is 81.1 cm³/mol. The zero-order valence-electron chi connectivity index (χ0n) is 13.2. The number of rotatable bonds is 5. The second-order valence-electron chi connectivity index (χ2n) is 5.99. The minimum atomic E-state index is -1.57. The van der Waals surface area contributed by atoms with Crippen molar-refractivity contribution in [2.24, 2.45) is 5.92 Å². The number of aromatic amines is 1. The molecule has 134 valence electrons. The molecule has 2 rings (SSSR count). The van der Waals surface area contributed by atoms with Crippen LogP contribution in [0.15, 0.2) is 21.9 Å². The van der Waals surface area contributed by atoms with Gasteiger partial charge in [0.05, 0.1) is 12.6 Å². The topological polar surface area (TPSA) is 154 Å². The third-order valence-corrected chi connectivity index (χ3v) is 3.95. The Kier molecular flexibility index (Phi) is 5.54. The van der Waals surface area contributed by atoms with Gasteiger partial charge in [-0.15, -0.1) is 0 Å². The standard InChI is InChI=1S/C14H21N3O7/c1-6(2)7(5-18)15-12(22)11-9(20)10(21)13(24-11)17-4-3-8(19)16-14(17)23/h3-4,6-7,9-11,13,18,20-21H,5H2,1-2H3,(H,15,22)(H,16,19,23)/t7-,9-,10+,11-,13+/m0/s1. The van der Waals surface area contributed by atoms with Crippen molar-refractivity contribution >= 4 is 5.91 Å². The molecule has 1 aliphatic heterocycles. The van der Waals surface area contributed by atoms with Crippen LogP contribution in [0.1, 0.15) is 20.1 Å². The molecule has 1 aromatic rings. The molecule has 2 heterocycles. The van der Waals surface area contributed by atoms with Gasteiger partial charge in [0.25, 0.3) is 11.5 Å². The Hall–Kier alpha value is -2.01. The van der Waals surface area contributed by atoms with E-state index in [0.29, 0.717) is 0 Å². The summed E-state index contributed by atoms with van der Waals surface area (Å²) in [6.07, 6.45) is -4.76. The lowest BCUT2D eigenvalue weighted by atomic mass is 10.0. The van der Waals surface area contributed by atoms with Gasteiger partial charge in [-0.05, 0) is 5.92 Å². The minimum Gasteiger partial charge on any atom is -0.394 e. The van der Waals surface area contributed by atoms with Crippen molar-refractivity contribution in [2.45, 2.75) is 44.4 Å². The van der Waals surface area contributed by atoms with Gasteiger partial charge in [0.2, 0.25) is 0 Å². The Morgan fingerprint density at radius 1 is 1.38 bits per heavy atom. The molecule has 10 heteroatoms. The monoisotopic (exact) mass is 343 g/mol. The summed E-state index contributed by atoms with van der Waals surface area (Å²) in [5.41, 5.74) is -1.46. The molecule has 0 radical (unpaired) electrons. The first kappa shape index (κ1) is 18.3. The molecule has 1 saturated heterocycles. The van der Waals surface area contributed by atoms with Gasteiger partial charge in [0.1, 0.15) is 12.2 Å².